The van der Waals surface area contributed by atoms with Crippen molar-refractivity contribution in [3.05, 3.63) is 63.1 Å². The van der Waals surface area contributed by atoms with E-state index in [1.807, 2.05) is 30.3 Å². The highest BCUT2D eigenvalue weighted by molar-refractivity contribution is 5.94. The summed E-state index contributed by atoms with van der Waals surface area (Å²) in [7, 11) is 2.80. The molecule has 3 aromatic rings. The number of fused-ring (bicyclic) bond motifs is 1. The number of hydrogen-bond donors (Lipinski definition) is 1. The minimum atomic E-state index is -1.06. The fourth-order valence-electron chi connectivity index (χ4n) is 3.16. The van der Waals surface area contributed by atoms with Crippen LogP contribution >= 0.6 is 0 Å². The number of imidazole rings is 1. The molecule has 146 valence electrons. The molecule has 0 saturated heterocycles. The van der Waals surface area contributed by atoms with Gasteiger partial charge < -0.3 is 5.73 Å². The zero-order valence-electron chi connectivity index (χ0n) is 15.7. The van der Waals surface area contributed by atoms with Crippen LogP contribution in [0.15, 0.2) is 46.2 Å². The largest absolute Gasteiger partial charge is 0.368 e. The summed E-state index contributed by atoms with van der Waals surface area (Å²) in [5.74, 6) is -1.24. The normalized spacial score (nSPS) is 12.1. The summed E-state index contributed by atoms with van der Waals surface area (Å²) in [6.07, 6.45) is 1.38. The lowest BCUT2D eigenvalue weighted by atomic mass is 10.1. The first-order valence-electron chi connectivity index (χ1n) is 8.50. The Balaban J connectivity index is 2.22. The average molecular weight is 384 g/mol. The molecule has 0 bridgehead atoms. The monoisotopic (exact) mass is 384 g/mol. The van der Waals surface area contributed by atoms with Crippen molar-refractivity contribution >= 4 is 23.0 Å². The number of primary amides is 1. The van der Waals surface area contributed by atoms with E-state index in [1.165, 1.54) is 36.6 Å². The average Bonchev–Trinajstić information content (AvgIpc) is 3.09. The Kier molecular flexibility index (Phi) is 4.87. The van der Waals surface area contributed by atoms with Crippen molar-refractivity contribution in [3.63, 3.8) is 0 Å². The van der Waals surface area contributed by atoms with E-state index in [1.54, 1.807) is 0 Å². The Morgan fingerprint density at radius 1 is 1.14 bits per heavy atom. The van der Waals surface area contributed by atoms with Crippen molar-refractivity contribution in [2.24, 2.45) is 19.8 Å². The van der Waals surface area contributed by atoms with Crippen molar-refractivity contribution < 1.29 is 9.59 Å². The van der Waals surface area contributed by atoms with E-state index >= 15 is 0 Å². The number of rotatable bonds is 5. The van der Waals surface area contributed by atoms with E-state index in [2.05, 4.69) is 4.98 Å². The molecule has 0 aliphatic rings. The second-order valence-electron chi connectivity index (χ2n) is 6.44. The predicted octanol–water partition coefficient (Wildman–Crippen LogP) is -0.985. The summed E-state index contributed by atoms with van der Waals surface area (Å²) < 4.78 is 3.30. The fourth-order valence-corrected chi connectivity index (χ4v) is 3.16. The zero-order valence-corrected chi connectivity index (χ0v) is 15.7. The van der Waals surface area contributed by atoms with Crippen LogP contribution < -0.4 is 22.0 Å². The molecule has 1 atom stereocenters. The summed E-state index contributed by atoms with van der Waals surface area (Å²) in [4.78, 5) is 53.6. The third-order valence-electron chi connectivity index (χ3n) is 4.58. The first kappa shape index (κ1) is 19.1. The second kappa shape index (κ2) is 7.14. The number of aromatic nitrogens is 4. The van der Waals surface area contributed by atoms with Crippen LogP contribution in [-0.2, 0) is 30.1 Å². The number of amides is 2. The van der Waals surface area contributed by atoms with E-state index in [0.29, 0.717) is 0 Å². The van der Waals surface area contributed by atoms with Gasteiger partial charge in [0.25, 0.3) is 5.56 Å². The van der Waals surface area contributed by atoms with Crippen LogP contribution in [0.1, 0.15) is 12.5 Å². The smallest absolute Gasteiger partial charge is 0.332 e. The lowest BCUT2D eigenvalue weighted by Gasteiger charge is -2.29. The van der Waals surface area contributed by atoms with Crippen LogP contribution in [0.5, 0.6) is 0 Å². The van der Waals surface area contributed by atoms with Gasteiger partial charge in [0.15, 0.2) is 11.2 Å². The molecular formula is C18H20N6O4. The molecule has 0 saturated carbocycles. The molecule has 2 aromatic heterocycles. The molecule has 0 spiro atoms. The van der Waals surface area contributed by atoms with Crippen LogP contribution in [0.25, 0.3) is 11.2 Å². The standard InChI is InChI=1S/C18H20N6O4/c1-11(25)24(13(15(19)26)9-12-7-5-4-6-8-12)23-10-20-16-14(23)17(27)22(3)18(28)21(16)2/h4-8,10,13H,9H2,1-3H3,(H2,19,26)/t13-/m0/s1. The van der Waals surface area contributed by atoms with Gasteiger partial charge in [-0.15, -0.1) is 0 Å². The van der Waals surface area contributed by atoms with Crippen molar-refractivity contribution in [3.8, 4) is 0 Å². The van der Waals surface area contributed by atoms with Crippen molar-refractivity contribution in [1.82, 2.24) is 18.8 Å². The first-order valence-corrected chi connectivity index (χ1v) is 8.50. The Bertz CT molecular complexity index is 1170. The van der Waals surface area contributed by atoms with Gasteiger partial charge in [0.2, 0.25) is 11.8 Å². The molecule has 1 aromatic carbocycles. The Morgan fingerprint density at radius 2 is 1.79 bits per heavy atom. The van der Waals surface area contributed by atoms with Gasteiger partial charge in [-0.1, -0.05) is 30.3 Å². The molecule has 28 heavy (non-hydrogen) atoms. The van der Waals surface area contributed by atoms with Gasteiger partial charge in [-0.05, 0) is 5.56 Å². The Hall–Kier alpha value is -3.69. The van der Waals surface area contributed by atoms with Crippen LogP contribution in [0.3, 0.4) is 0 Å². The molecule has 10 nitrogen and oxygen atoms in total. The van der Waals surface area contributed by atoms with E-state index in [-0.39, 0.29) is 17.6 Å². The maximum atomic E-state index is 12.7. The number of nitrogens with two attached hydrogens (primary N) is 1. The number of nitrogens with zero attached hydrogens (tertiary/aromatic N) is 5. The van der Waals surface area contributed by atoms with Gasteiger partial charge in [0.1, 0.15) is 12.4 Å². The topological polar surface area (TPSA) is 125 Å². The fraction of sp³-hybridized carbons (Fsp3) is 0.278. The molecule has 2 heterocycles. The molecule has 0 unspecified atom stereocenters. The number of aryl methyl sites for hydroxylation is 1. The van der Waals surface area contributed by atoms with Crippen molar-refractivity contribution in [1.29, 1.82) is 0 Å². The van der Waals surface area contributed by atoms with Crippen molar-refractivity contribution in [2.75, 3.05) is 5.01 Å². The van der Waals surface area contributed by atoms with Crippen LogP contribution in [-0.4, -0.2) is 36.7 Å². The third-order valence-corrected chi connectivity index (χ3v) is 4.58. The minimum Gasteiger partial charge on any atom is -0.368 e. The third kappa shape index (κ3) is 3.08. The molecule has 10 heteroatoms. The van der Waals surface area contributed by atoms with Crippen LogP contribution in [0.2, 0.25) is 0 Å². The lowest BCUT2D eigenvalue weighted by molar-refractivity contribution is -0.125. The molecular weight excluding hydrogens is 364 g/mol. The van der Waals surface area contributed by atoms with Crippen molar-refractivity contribution in [2.45, 2.75) is 19.4 Å². The van der Waals surface area contributed by atoms with E-state index in [4.69, 9.17) is 5.73 Å². The van der Waals surface area contributed by atoms with Gasteiger partial charge in [-0.25, -0.2) is 19.5 Å². The van der Waals surface area contributed by atoms with Crippen LogP contribution in [0.4, 0.5) is 0 Å². The molecule has 3 rings (SSSR count). The molecule has 0 fully saturated rings. The number of carbonyl (C=O) groups excluding carboxylic acids is 2. The summed E-state index contributed by atoms with van der Waals surface area (Å²) in [6, 6.07) is 8.01. The Morgan fingerprint density at radius 3 is 2.36 bits per heavy atom. The van der Waals surface area contributed by atoms with Gasteiger partial charge >= 0.3 is 5.69 Å². The molecule has 2 amide bonds. The van der Waals surface area contributed by atoms with E-state index in [0.717, 1.165) is 15.1 Å². The number of carbonyl (C=O) groups is 2. The van der Waals surface area contributed by atoms with E-state index in [9.17, 15) is 19.2 Å². The summed E-state index contributed by atoms with van der Waals surface area (Å²) in [6.45, 7) is 1.26. The Labute approximate surface area is 159 Å². The van der Waals surface area contributed by atoms with Gasteiger partial charge in [0.05, 0.1) is 0 Å². The minimum absolute atomic E-state index is 0.000823. The maximum absolute atomic E-state index is 12.7. The highest BCUT2D eigenvalue weighted by atomic mass is 16.2. The van der Waals surface area contributed by atoms with Crippen LogP contribution in [0, 0.1) is 0 Å². The van der Waals surface area contributed by atoms with Gasteiger partial charge in [-0.2, -0.15) is 0 Å². The maximum Gasteiger partial charge on any atom is 0.332 e. The van der Waals surface area contributed by atoms with Gasteiger partial charge in [-0.3, -0.25) is 23.5 Å². The van der Waals surface area contributed by atoms with E-state index < -0.39 is 29.1 Å². The quantitative estimate of drug-likeness (QED) is 0.605. The molecule has 0 aliphatic carbocycles. The second-order valence-corrected chi connectivity index (χ2v) is 6.44. The predicted molar refractivity (Wildman–Crippen MR) is 102 cm³/mol. The SMILES string of the molecule is CC(=O)N([C@@H](Cc1ccccc1)C(N)=O)n1cnc2c1c(=O)n(C)c(=O)n2C. The zero-order chi connectivity index (χ0) is 20.6. The number of benzene rings is 1. The highest BCUT2D eigenvalue weighted by Crippen LogP contribution is 2.13. The van der Waals surface area contributed by atoms with Gasteiger partial charge in [0, 0.05) is 27.4 Å². The molecule has 0 radical (unpaired) electrons. The molecule has 0 aliphatic heterocycles. The lowest BCUT2D eigenvalue weighted by Crippen LogP contribution is -2.54. The highest BCUT2D eigenvalue weighted by Gasteiger charge is 2.30. The summed E-state index contributed by atoms with van der Waals surface area (Å²) in [5.41, 5.74) is 5.30. The molecule has 2 N–H and O–H groups in total. The summed E-state index contributed by atoms with van der Waals surface area (Å²) in [5, 5.41) is 1.09. The first-order chi connectivity index (χ1) is 13.2. The summed E-state index contributed by atoms with van der Waals surface area (Å²) >= 11 is 0. The number of hydrogen-bond acceptors (Lipinski definition) is 5.